The molecule has 2 rings (SSSR count). The molecule has 2 aromatic heterocycles. The van der Waals surface area contributed by atoms with Crippen LogP contribution in [-0.4, -0.2) is 46.9 Å². The Kier molecular flexibility index (Phi) is 5.77. The lowest BCUT2D eigenvalue weighted by Gasteiger charge is -2.17. The zero-order valence-electron chi connectivity index (χ0n) is 13.3. The number of ether oxygens (including phenoxy) is 1. The van der Waals surface area contributed by atoms with Crippen LogP contribution < -0.4 is 10.5 Å². The minimum absolute atomic E-state index is 0.0239. The summed E-state index contributed by atoms with van der Waals surface area (Å²) in [6, 6.07) is 3.70. The van der Waals surface area contributed by atoms with Crippen LogP contribution in [0.5, 0.6) is 5.75 Å². The number of amides is 1. The highest BCUT2D eigenvalue weighted by atomic mass is 16.5. The minimum Gasteiger partial charge on any atom is -0.480 e. The third-order valence-electron chi connectivity index (χ3n) is 3.52. The third-order valence-corrected chi connectivity index (χ3v) is 3.52. The van der Waals surface area contributed by atoms with E-state index in [1.165, 1.54) is 0 Å². The van der Waals surface area contributed by atoms with E-state index < -0.39 is 0 Å². The van der Waals surface area contributed by atoms with Gasteiger partial charge in [0.15, 0.2) is 18.0 Å². The van der Waals surface area contributed by atoms with Gasteiger partial charge >= 0.3 is 0 Å². The summed E-state index contributed by atoms with van der Waals surface area (Å²) >= 11 is 0. The second kappa shape index (κ2) is 7.79. The average molecular weight is 304 g/mol. The molecule has 0 spiro atoms. The fraction of sp³-hybridized carbons (Fsp3) is 0.500. The first kappa shape index (κ1) is 16.3. The summed E-state index contributed by atoms with van der Waals surface area (Å²) in [6.07, 6.45) is 6.63. The van der Waals surface area contributed by atoms with Crippen molar-refractivity contribution in [1.29, 1.82) is 0 Å². The predicted octanol–water partition coefficient (Wildman–Crippen LogP) is 1.47. The molecule has 2 heterocycles. The molecule has 120 valence electrons. The van der Waals surface area contributed by atoms with Gasteiger partial charge in [0.2, 0.25) is 0 Å². The lowest BCUT2D eigenvalue weighted by molar-refractivity contribution is -0.132. The van der Waals surface area contributed by atoms with E-state index in [1.807, 2.05) is 28.9 Å². The number of aromatic nitrogens is 2. The van der Waals surface area contributed by atoms with Gasteiger partial charge in [-0.2, -0.15) is 0 Å². The van der Waals surface area contributed by atoms with E-state index in [4.69, 9.17) is 10.5 Å². The van der Waals surface area contributed by atoms with E-state index in [9.17, 15) is 4.79 Å². The fourth-order valence-corrected chi connectivity index (χ4v) is 2.19. The monoisotopic (exact) mass is 304 g/mol. The Hall–Kier alpha value is -2.08. The molecule has 6 nitrogen and oxygen atoms in total. The van der Waals surface area contributed by atoms with Gasteiger partial charge in [0.1, 0.15) is 0 Å². The lowest BCUT2D eigenvalue weighted by atomic mass is 10.3. The molecule has 0 aliphatic heterocycles. The largest absolute Gasteiger partial charge is 0.480 e. The molecule has 0 atom stereocenters. The first-order valence-electron chi connectivity index (χ1n) is 7.69. The molecule has 0 bridgehead atoms. The minimum atomic E-state index is -0.0239. The smallest absolute Gasteiger partial charge is 0.260 e. The van der Waals surface area contributed by atoms with Gasteiger partial charge in [0.05, 0.1) is 5.69 Å². The maximum Gasteiger partial charge on any atom is 0.260 e. The summed E-state index contributed by atoms with van der Waals surface area (Å²) in [5.74, 6) is 0.590. The van der Waals surface area contributed by atoms with Crippen LogP contribution in [0.4, 0.5) is 0 Å². The lowest BCUT2D eigenvalue weighted by Crippen LogP contribution is -2.32. The van der Waals surface area contributed by atoms with Crippen LogP contribution in [0.25, 0.3) is 5.65 Å². The fourth-order valence-electron chi connectivity index (χ4n) is 2.19. The van der Waals surface area contributed by atoms with E-state index in [0.717, 1.165) is 37.1 Å². The van der Waals surface area contributed by atoms with Crippen LogP contribution in [0, 0.1) is 0 Å². The van der Waals surface area contributed by atoms with E-state index >= 15 is 0 Å². The number of pyridine rings is 1. The maximum absolute atomic E-state index is 12.0. The van der Waals surface area contributed by atoms with Gasteiger partial charge in [-0.1, -0.05) is 13.3 Å². The highest BCUT2D eigenvalue weighted by Gasteiger charge is 2.12. The molecule has 0 radical (unpaired) electrons. The molecular weight excluding hydrogens is 280 g/mol. The van der Waals surface area contributed by atoms with Gasteiger partial charge in [-0.05, 0) is 25.1 Å². The first-order valence-corrected chi connectivity index (χ1v) is 7.69. The Morgan fingerprint density at radius 1 is 1.50 bits per heavy atom. The van der Waals surface area contributed by atoms with E-state index in [1.54, 1.807) is 11.9 Å². The van der Waals surface area contributed by atoms with E-state index in [0.29, 0.717) is 12.3 Å². The Labute approximate surface area is 130 Å². The number of imidazole rings is 1. The van der Waals surface area contributed by atoms with Crippen molar-refractivity contribution >= 4 is 11.6 Å². The highest BCUT2D eigenvalue weighted by molar-refractivity contribution is 5.77. The van der Waals surface area contributed by atoms with Gasteiger partial charge in [-0.3, -0.25) is 4.79 Å². The van der Waals surface area contributed by atoms with Crippen molar-refractivity contribution in [3.8, 4) is 5.75 Å². The van der Waals surface area contributed by atoms with Gasteiger partial charge in [0, 0.05) is 32.4 Å². The average Bonchev–Trinajstić information content (AvgIpc) is 2.93. The number of rotatable bonds is 8. The van der Waals surface area contributed by atoms with E-state index in [2.05, 4.69) is 11.9 Å². The zero-order chi connectivity index (χ0) is 15.9. The van der Waals surface area contributed by atoms with Crippen molar-refractivity contribution in [3.63, 3.8) is 0 Å². The van der Waals surface area contributed by atoms with Gasteiger partial charge in [0.25, 0.3) is 5.91 Å². The Balaban J connectivity index is 2.03. The standard InChI is InChI=1S/C16H24N4O2/c1-3-4-9-19(2)15(21)12-22-14-6-5-10-20-11-13(7-8-17)18-16(14)20/h5-6,10-11H,3-4,7-9,12,17H2,1-2H3. The molecule has 0 saturated heterocycles. The molecule has 0 aliphatic rings. The number of unbranched alkanes of at least 4 members (excludes halogenated alkanes) is 1. The van der Waals surface area contributed by atoms with Crippen LogP contribution in [0.1, 0.15) is 25.5 Å². The molecule has 0 saturated carbocycles. The number of hydrogen-bond acceptors (Lipinski definition) is 4. The summed E-state index contributed by atoms with van der Waals surface area (Å²) in [5, 5.41) is 0. The summed E-state index contributed by atoms with van der Waals surface area (Å²) in [7, 11) is 1.80. The normalized spacial score (nSPS) is 10.9. The molecule has 2 N–H and O–H groups in total. The topological polar surface area (TPSA) is 72.9 Å². The van der Waals surface area contributed by atoms with Gasteiger partial charge < -0.3 is 19.8 Å². The molecule has 0 aliphatic carbocycles. The maximum atomic E-state index is 12.0. The van der Waals surface area contributed by atoms with Crippen LogP contribution in [0.3, 0.4) is 0 Å². The van der Waals surface area contributed by atoms with Crippen molar-refractivity contribution in [2.45, 2.75) is 26.2 Å². The highest BCUT2D eigenvalue weighted by Crippen LogP contribution is 2.19. The Morgan fingerprint density at radius 2 is 2.32 bits per heavy atom. The Morgan fingerprint density at radius 3 is 3.05 bits per heavy atom. The number of hydrogen-bond donors (Lipinski definition) is 1. The number of likely N-dealkylation sites (N-methyl/N-ethyl adjacent to an activating group) is 1. The van der Waals surface area contributed by atoms with Gasteiger partial charge in [-0.25, -0.2) is 4.98 Å². The SMILES string of the molecule is CCCCN(C)C(=O)COc1cccn2cc(CCN)nc12. The molecule has 6 heteroatoms. The predicted molar refractivity (Wildman–Crippen MR) is 86.0 cm³/mol. The number of nitrogens with zero attached hydrogens (tertiary/aromatic N) is 3. The van der Waals surface area contributed by atoms with E-state index in [-0.39, 0.29) is 12.5 Å². The van der Waals surface area contributed by atoms with Crippen LogP contribution in [0.2, 0.25) is 0 Å². The zero-order valence-corrected chi connectivity index (χ0v) is 13.3. The van der Waals surface area contributed by atoms with Crippen molar-refractivity contribution < 1.29 is 9.53 Å². The quantitative estimate of drug-likeness (QED) is 0.801. The number of carbonyl (C=O) groups is 1. The Bertz CT molecular complexity index is 624. The van der Waals surface area contributed by atoms with Crippen molar-refractivity contribution in [1.82, 2.24) is 14.3 Å². The number of fused-ring (bicyclic) bond motifs is 1. The molecule has 0 fully saturated rings. The molecule has 2 aromatic rings. The van der Waals surface area contributed by atoms with Gasteiger partial charge in [-0.15, -0.1) is 0 Å². The van der Waals surface area contributed by atoms with Crippen LogP contribution in [-0.2, 0) is 11.2 Å². The summed E-state index contributed by atoms with van der Waals surface area (Å²) in [5.41, 5.74) is 7.20. The van der Waals surface area contributed by atoms with Crippen molar-refractivity contribution in [2.75, 3.05) is 26.7 Å². The number of carbonyl (C=O) groups excluding carboxylic acids is 1. The number of nitrogens with two attached hydrogens (primary N) is 1. The van der Waals surface area contributed by atoms with Crippen LogP contribution >= 0.6 is 0 Å². The third kappa shape index (κ3) is 3.98. The second-order valence-corrected chi connectivity index (χ2v) is 5.33. The summed E-state index contributed by atoms with van der Waals surface area (Å²) in [4.78, 5) is 18.2. The van der Waals surface area contributed by atoms with Crippen LogP contribution in [0.15, 0.2) is 24.5 Å². The summed E-state index contributed by atoms with van der Waals surface area (Å²) < 4.78 is 7.56. The molecule has 22 heavy (non-hydrogen) atoms. The summed E-state index contributed by atoms with van der Waals surface area (Å²) in [6.45, 7) is 3.44. The molecule has 0 aromatic carbocycles. The van der Waals surface area contributed by atoms with Crippen molar-refractivity contribution in [2.24, 2.45) is 5.73 Å². The van der Waals surface area contributed by atoms with Crippen molar-refractivity contribution in [3.05, 3.63) is 30.2 Å². The molecular formula is C16H24N4O2. The first-order chi connectivity index (χ1) is 10.7. The molecule has 1 amide bonds. The molecule has 0 unspecified atom stereocenters. The second-order valence-electron chi connectivity index (χ2n) is 5.33.